The first-order valence-electron chi connectivity index (χ1n) is 7.40. The highest BCUT2D eigenvalue weighted by molar-refractivity contribution is 7.89. The van der Waals surface area contributed by atoms with Gasteiger partial charge >= 0.3 is 5.97 Å². The lowest BCUT2D eigenvalue weighted by Gasteiger charge is -2.34. The minimum Gasteiger partial charge on any atom is -0.469 e. The van der Waals surface area contributed by atoms with Crippen molar-refractivity contribution in [1.29, 1.82) is 0 Å². The van der Waals surface area contributed by atoms with Gasteiger partial charge in [0.05, 0.1) is 25.4 Å². The van der Waals surface area contributed by atoms with Crippen LogP contribution in [0.25, 0.3) is 0 Å². The molecule has 0 spiro atoms. The Morgan fingerprint density at radius 1 is 1.29 bits per heavy atom. The monoisotopic (exact) mass is 320 g/mol. The zero-order valence-corrected chi connectivity index (χ0v) is 13.3. The molecule has 7 nitrogen and oxygen atoms in total. The fourth-order valence-electron chi connectivity index (χ4n) is 2.70. The number of hydrogen-bond donors (Lipinski definition) is 0. The number of methoxy groups -OCH3 is 1. The van der Waals surface area contributed by atoms with Gasteiger partial charge in [0.1, 0.15) is 0 Å². The summed E-state index contributed by atoms with van der Waals surface area (Å²) in [5, 5.41) is 0. The number of esters is 1. The van der Waals surface area contributed by atoms with Gasteiger partial charge in [0, 0.05) is 39.3 Å². The largest absolute Gasteiger partial charge is 0.469 e. The number of carbonyl (C=O) groups is 1. The van der Waals surface area contributed by atoms with Gasteiger partial charge < -0.3 is 14.4 Å². The Morgan fingerprint density at radius 2 is 2.00 bits per heavy atom. The quantitative estimate of drug-likeness (QED) is 0.624. The molecule has 0 aromatic carbocycles. The number of hydrogen-bond acceptors (Lipinski definition) is 6. The van der Waals surface area contributed by atoms with Crippen LogP contribution < -0.4 is 0 Å². The Bertz CT molecular complexity index is 439. The summed E-state index contributed by atoms with van der Waals surface area (Å²) in [6, 6.07) is 0. The number of ether oxygens (including phenoxy) is 2. The number of nitrogens with zero attached hydrogens (tertiary/aromatic N) is 2. The van der Waals surface area contributed by atoms with E-state index in [1.807, 2.05) is 0 Å². The van der Waals surface area contributed by atoms with Crippen molar-refractivity contribution in [2.45, 2.75) is 25.4 Å². The summed E-state index contributed by atoms with van der Waals surface area (Å²) in [6.07, 6.45) is 1.98. The highest BCUT2D eigenvalue weighted by Crippen LogP contribution is 2.17. The first-order chi connectivity index (χ1) is 10.0. The molecule has 0 saturated carbocycles. The standard InChI is InChI=1S/C13H24N2O5S/c1-19-13(16)4-5-14-6-8-15(9-7-14)21(17,18)11-12-3-2-10-20-12/h12H,2-11H2,1H3. The third-order valence-electron chi connectivity index (χ3n) is 4.00. The van der Waals surface area contributed by atoms with E-state index in [1.54, 1.807) is 4.31 Å². The van der Waals surface area contributed by atoms with Gasteiger partial charge in [-0.05, 0) is 12.8 Å². The van der Waals surface area contributed by atoms with Gasteiger partial charge in [0.25, 0.3) is 0 Å². The summed E-state index contributed by atoms with van der Waals surface area (Å²) in [6.45, 7) is 3.56. The van der Waals surface area contributed by atoms with E-state index < -0.39 is 10.0 Å². The van der Waals surface area contributed by atoms with Crippen LogP contribution in [0.15, 0.2) is 0 Å². The third kappa shape index (κ3) is 4.91. The summed E-state index contributed by atoms with van der Waals surface area (Å²) >= 11 is 0. The first-order valence-corrected chi connectivity index (χ1v) is 9.01. The van der Waals surface area contributed by atoms with Crippen molar-refractivity contribution in [3.63, 3.8) is 0 Å². The Hall–Kier alpha value is -0.700. The number of sulfonamides is 1. The first kappa shape index (κ1) is 16.7. The normalized spacial score (nSPS) is 25.1. The van der Waals surface area contributed by atoms with Gasteiger partial charge in [0.2, 0.25) is 10.0 Å². The van der Waals surface area contributed by atoms with E-state index >= 15 is 0 Å². The molecule has 122 valence electrons. The lowest BCUT2D eigenvalue weighted by molar-refractivity contribution is -0.141. The van der Waals surface area contributed by atoms with Gasteiger partial charge in [-0.25, -0.2) is 8.42 Å². The van der Waals surface area contributed by atoms with Gasteiger partial charge in [0.15, 0.2) is 0 Å². The second-order valence-corrected chi connectivity index (χ2v) is 7.49. The van der Waals surface area contributed by atoms with Crippen molar-refractivity contribution in [3.05, 3.63) is 0 Å². The molecule has 0 radical (unpaired) electrons. The van der Waals surface area contributed by atoms with E-state index in [0.29, 0.717) is 45.8 Å². The average Bonchev–Trinajstić information content (AvgIpc) is 2.97. The maximum atomic E-state index is 12.3. The van der Waals surface area contributed by atoms with E-state index in [9.17, 15) is 13.2 Å². The van der Waals surface area contributed by atoms with E-state index in [-0.39, 0.29) is 17.8 Å². The van der Waals surface area contributed by atoms with Crippen LogP contribution in [0.3, 0.4) is 0 Å². The van der Waals surface area contributed by atoms with Crippen molar-refractivity contribution in [1.82, 2.24) is 9.21 Å². The topological polar surface area (TPSA) is 76.2 Å². The summed E-state index contributed by atoms with van der Waals surface area (Å²) < 4.78 is 36.2. The van der Waals surface area contributed by atoms with Crippen molar-refractivity contribution >= 4 is 16.0 Å². The minimum absolute atomic E-state index is 0.0924. The molecular weight excluding hydrogens is 296 g/mol. The van der Waals surface area contributed by atoms with Crippen LogP contribution in [-0.4, -0.2) is 81.9 Å². The molecule has 1 unspecified atom stereocenters. The van der Waals surface area contributed by atoms with Gasteiger partial charge in [-0.15, -0.1) is 0 Å². The Morgan fingerprint density at radius 3 is 2.57 bits per heavy atom. The van der Waals surface area contributed by atoms with Crippen molar-refractivity contribution in [3.8, 4) is 0 Å². The van der Waals surface area contributed by atoms with Crippen LogP contribution in [0.1, 0.15) is 19.3 Å². The van der Waals surface area contributed by atoms with Crippen LogP contribution in [-0.2, 0) is 24.3 Å². The summed E-state index contributed by atoms with van der Waals surface area (Å²) in [4.78, 5) is 13.2. The average molecular weight is 320 g/mol. The zero-order valence-electron chi connectivity index (χ0n) is 12.5. The van der Waals surface area contributed by atoms with Crippen molar-refractivity contribution in [2.24, 2.45) is 0 Å². The Balaban J connectivity index is 1.75. The molecule has 8 heteroatoms. The van der Waals surface area contributed by atoms with E-state index in [1.165, 1.54) is 7.11 Å². The summed E-state index contributed by atoms with van der Waals surface area (Å²) in [5.74, 6) is -0.141. The second kappa shape index (κ2) is 7.53. The van der Waals surface area contributed by atoms with Crippen molar-refractivity contribution in [2.75, 3.05) is 52.2 Å². The molecule has 2 aliphatic rings. The fraction of sp³-hybridized carbons (Fsp3) is 0.923. The second-order valence-electron chi connectivity index (χ2n) is 5.48. The summed E-state index contributed by atoms with van der Waals surface area (Å²) in [5.41, 5.74) is 0. The molecule has 2 saturated heterocycles. The lowest BCUT2D eigenvalue weighted by atomic mass is 10.3. The van der Waals surface area contributed by atoms with Crippen LogP contribution in [0.2, 0.25) is 0 Å². The van der Waals surface area contributed by atoms with E-state index in [4.69, 9.17) is 4.74 Å². The molecule has 0 amide bonds. The predicted molar refractivity (Wildman–Crippen MR) is 77.4 cm³/mol. The number of carbonyl (C=O) groups excluding carboxylic acids is 1. The molecule has 2 heterocycles. The highest BCUT2D eigenvalue weighted by Gasteiger charge is 2.31. The van der Waals surface area contributed by atoms with Gasteiger partial charge in [-0.2, -0.15) is 4.31 Å². The Labute approximate surface area is 126 Å². The molecule has 0 aromatic rings. The maximum absolute atomic E-state index is 12.3. The zero-order chi connectivity index (χ0) is 15.3. The van der Waals surface area contributed by atoms with Gasteiger partial charge in [-0.1, -0.05) is 0 Å². The molecular formula is C13H24N2O5S. The SMILES string of the molecule is COC(=O)CCN1CCN(S(=O)(=O)CC2CCCO2)CC1. The predicted octanol–water partition coefficient (Wildman–Crippen LogP) is -0.324. The van der Waals surface area contributed by atoms with Crippen LogP contribution in [0.5, 0.6) is 0 Å². The van der Waals surface area contributed by atoms with E-state index in [2.05, 4.69) is 9.64 Å². The van der Waals surface area contributed by atoms with E-state index in [0.717, 1.165) is 12.8 Å². The summed E-state index contributed by atoms with van der Waals surface area (Å²) in [7, 11) is -1.86. The minimum atomic E-state index is -3.24. The van der Waals surface area contributed by atoms with Crippen LogP contribution >= 0.6 is 0 Å². The fourth-order valence-corrected chi connectivity index (χ4v) is 4.36. The van der Waals surface area contributed by atoms with Crippen LogP contribution in [0, 0.1) is 0 Å². The van der Waals surface area contributed by atoms with Crippen molar-refractivity contribution < 1.29 is 22.7 Å². The van der Waals surface area contributed by atoms with Crippen LogP contribution in [0.4, 0.5) is 0 Å². The molecule has 1 atom stereocenters. The molecule has 21 heavy (non-hydrogen) atoms. The molecule has 2 rings (SSSR count). The smallest absolute Gasteiger partial charge is 0.306 e. The molecule has 0 aromatic heterocycles. The maximum Gasteiger partial charge on any atom is 0.306 e. The third-order valence-corrected chi connectivity index (χ3v) is 5.95. The molecule has 2 fully saturated rings. The Kier molecular flexibility index (Phi) is 5.98. The highest BCUT2D eigenvalue weighted by atomic mass is 32.2. The molecule has 0 bridgehead atoms. The molecule has 2 aliphatic heterocycles. The van der Waals surface area contributed by atoms with Gasteiger partial charge in [-0.3, -0.25) is 4.79 Å². The molecule has 0 N–H and O–H groups in total. The number of piperazine rings is 1. The lowest BCUT2D eigenvalue weighted by Crippen LogP contribution is -2.50. The number of rotatable bonds is 6. The molecule has 0 aliphatic carbocycles.